The lowest BCUT2D eigenvalue weighted by Crippen LogP contribution is -2.46. The van der Waals surface area contributed by atoms with Gasteiger partial charge in [-0.2, -0.15) is 0 Å². The summed E-state index contributed by atoms with van der Waals surface area (Å²) in [6.07, 6.45) is 4.63. The molecule has 2 heteroatoms. The fourth-order valence-electron chi connectivity index (χ4n) is 1.69. The van der Waals surface area contributed by atoms with Crippen LogP contribution in [0.15, 0.2) is 0 Å². The number of carbonyl (C=O) groups is 1. The van der Waals surface area contributed by atoms with E-state index in [1.54, 1.807) is 0 Å². The van der Waals surface area contributed by atoms with Gasteiger partial charge in [-0.25, -0.2) is 0 Å². The first-order chi connectivity index (χ1) is 4.79. The number of ether oxygens (including phenoxy) is 1. The van der Waals surface area contributed by atoms with Crippen LogP contribution in [0, 0.1) is 5.41 Å². The molecular weight excluding hydrogens is 128 g/mol. The van der Waals surface area contributed by atoms with Crippen LogP contribution >= 0.6 is 0 Å². The Kier molecular flexibility index (Phi) is 1.08. The third-order valence-corrected chi connectivity index (χ3v) is 2.61. The van der Waals surface area contributed by atoms with Gasteiger partial charge in [0.05, 0.1) is 0 Å². The molecule has 0 amide bonds. The highest BCUT2D eigenvalue weighted by atomic mass is 16.6. The van der Waals surface area contributed by atoms with Gasteiger partial charge in [0.2, 0.25) is 0 Å². The van der Waals surface area contributed by atoms with Gasteiger partial charge in [0, 0.05) is 0 Å². The molecule has 0 radical (unpaired) electrons. The van der Waals surface area contributed by atoms with Crippen LogP contribution in [0.2, 0.25) is 0 Å². The van der Waals surface area contributed by atoms with Crippen LogP contribution in [0.5, 0.6) is 0 Å². The third kappa shape index (κ3) is 0.568. The van der Waals surface area contributed by atoms with Gasteiger partial charge in [-0.1, -0.05) is 13.3 Å². The van der Waals surface area contributed by atoms with Gasteiger partial charge in [0.1, 0.15) is 11.5 Å². The minimum Gasteiger partial charge on any atom is -0.461 e. The minimum atomic E-state index is 0.0377. The Balaban J connectivity index is 1.97. The summed E-state index contributed by atoms with van der Waals surface area (Å²) in [6.45, 7) is 2.13. The van der Waals surface area contributed by atoms with E-state index in [0.717, 1.165) is 25.7 Å². The third-order valence-electron chi connectivity index (χ3n) is 2.61. The summed E-state index contributed by atoms with van der Waals surface area (Å²) in [5.41, 5.74) is 0.0377. The van der Waals surface area contributed by atoms with E-state index in [1.165, 1.54) is 0 Å². The number of carbonyl (C=O) groups excluding carboxylic acids is 1. The number of hydrogen-bond donors (Lipinski definition) is 0. The lowest BCUT2D eigenvalue weighted by molar-refractivity contribution is -0.190. The number of hydrogen-bond acceptors (Lipinski definition) is 2. The first-order valence-corrected chi connectivity index (χ1v) is 4.01. The van der Waals surface area contributed by atoms with Crippen molar-refractivity contribution in [3.8, 4) is 0 Å². The average molecular weight is 140 g/mol. The molecule has 1 saturated carbocycles. The van der Waals surface area contributed by atoms with Crippen LogP contribution in [-0.4, -0.2) is 12.1 Å². The van der Waals surface area contributed by atoms with Crippen molar-refractivity contribution >= 4 is 5.97 Å². The number of cyclic esters (lactones) is 1. The Bertz CT molecular complexity index is 170. The lowest BCUT2D eigenvalue weighted by Gasteiger charge is -2.35. The lowest BCUT2D eigenvalue weighted by atomic mass is 9.90. The van der Waals surface area contributed by atoms with Crippen LogP contribution in [0.25, 0.3) is 0 Å². The second-order valence-corrected chi connectivity index (χ2v) is 3.34. The second kappa shape index (κ2) is 1.74. The van der Waals surface area contributed by atoms with Crippen LogP contribution in [-0.2, 0) is 9.53 Å². The van der Waals surface area contributed by atoms with Gasteiger partial charge in [0.15, 0.2) is 0 Å². The molecule has 1 unspecified atom stereocenters. The van der Waals surface area contributed by atoms with Gasteiger partial charge in [-0.15, -0.1) is 0 Å². The van der Waals surface area contributed by atoms with E-state index in [1.807, 2.05) is 0 Å². The molecule has 0 N–H and O–H groups in total. The van der Waals surface area contributed by atoms with E-state index < -0.39 is 0 Å². The van der Waals surface area contributed by atoms with Gasteiger partial charge in [0.25, 0.3) is 0 Å². The van der Waals surface area contributed by atoms with Gasteiger partial charge < -0.3 is 4.74 Å². The molecule has 0 aromatic heterocycles. The molecule has 1 saturated heterocycles. The van der Waals surface area contributed by atoms with Crippen LogP contribution in [0.1, 0.15) is 32.6 Å². The maximum absolute atomic E-state index is 10.9. The van der Waals surface area contributed by atoms with E-state index in [9.17, 15) is 4.79 Å². The Morgan fingerprint density at radius 2 is 2.40 bits per heavy atom. The summed E-state index contributed by atoms with van der Waals surface area (Å²) in [4.78, 5) is 10.9. The SMILES string of the molecule is CCCC1OC(=O)C12CC2. The first-order valence-electron chi connectivity index (χ1n) is 4.01. The molecule has 0 bridgehead atoms. The largest absolute Gasteiger partial charge is 0.461 e. The zero-order chi connectivity index (χ0) is 7.19. The highest BCUT2D eigenvalue weighted by Crippen LogP contribution is 2.58. The number of rotatable bonds is 2. The van der Waals surface area contributed by atoms with Crippen molar-refractivity contribution in [2.24, 2.45) is 5.41 Å². The summed E-state index contributed by atoms with van der Waals surface area (Å²) >= 11 is 0. The molecule has 56 valence electrons. The van der Waals surface area contributed by atoms with Gasteiger partial charge in [-0.05, 0) is 19.3 Å². The second-order valence-electron chi connectivity index (χ2n) is 3.34. The fraction of sp³-hybridized carbons (Fsp3) is 0.875. The van der Waals surface area contributed by atoms with E-state index in [-0.39, 0.29) is 17.5 Å². The molecule has 0 aromatic rings. The molecule has 2 nitrogen and oxygen atoms in total. The van der Waals surface area contributed by atoms with Crippen molar-refractivity contribution in [3.05, 3.63) is 0 Å². The van der Waals surface area contributed by atoms with E-state index in [0.29, 0.717) is 0 Å². The fourth-order valence-corrected chi connectivity index (χ4v) is 1.69. The predicted molar refractivity (Wildman–Crippen MR) is 36.5 cm³/mol. The molecule has 1 aliphatic heterocycles. The van der Waals surface area contributed by atoms with Gasteiger partial charge in [-0.3, -0.25) is 4.79 Å². The van der Waals surface area contributed by atoms with Gasteiger partial charge >= 0.3 is 5.97 Å². The highest BCUT2D eigenvalue weighted by Gasteiger charge is 2.65. The molecule has 2 aliphatic rings. The zero-order valence-corrected chi connectivity index (χ0v) is 6.22. The summed E-state index contributed by atoms with van der Waals surface area (Å²) in [7, 11) is 0. The Hall–Kier alpha value is -0.530. The highest BCUT2D eigenvalue weighted by molar-refractivity contribution is 5.86. The predicted octanol–water partition coefficient (Wildman–Crippen LogP) is 1.49. The van der Waals surface area contributed by atoms with Crippen molar-refractivity contribution < 1.29 is 9.53 Å². The molecule has 2 fully saturated rings. The molecule has 0 aromatic carbocycles. The van der Waals surface area contributed by atoms with Crippen molar-refractivity contribution in [3.63, 3.8) is 0 Å². The molecule has 1 aliphatic carbocycles. The molecule has 1 spiro atoms. The van der Waals surface area contributed by atoms with Crippen LogP contribution in [0.3, 0.4) is 0 Å². The summed E-state index contributed by atoms with van der Waals surface area (Å²) in [5.74, 6) is 0.0611. The Labute approximate surface area is 60.6 Å². The van der Waals surface area contributed by atoms with E-state index in [2.05, 4.69) is 6.92 Å². The molecule has 1 atom stereocenters. The quantitative estimate of drug-likeness (QED) is 0.543. The number of esters is 1. The molecule has 10 heavy (non-hydrogen) atoms. The topological polar surface area (TPSA) is 26.3 Å². The standard InChI is InChI=1S/C8H12O2/c1-2-3-6-8(4-5-8)7(9)10-6/h6H,2-5H2,1H3. The van der Waals surface area contributed by atoms with E-state index >= 15 is 0 Å². The minimum absolute atomic E-state index is 0.0377. The van der Waals surface area contributed by atoms with Crippen molar-refractivity contribution in [2.75, 3.05) is 0 Å². The Morgan fingerprint density at radius 1 is 1.70 bits per heavy atom. The average Bonchev–Trinajstić information content (AvgIpc) is 2.67. The normalized spacial score (nSPS) is 33.3. The van der Waals surface area contributed by atoms with Crippen molar-refractivity contribution in [2.45, 2.75) is 38.7 Å². The Morgan fingerprint density at radius 3 is 2.80 bits per heavy atom. The molecular formula is C8H12O2. The zero-order valence-electron chi connectivity index (χ0n) is 6.22. The van der Waals surface area contributed by atoms with E-state index in [4.69, 9.17) is 4.74 Å². The maximum atomic E-state index is 10.9. The van der Waals surface area contributed by atoms with Crippen molar-refractivity contribution in [1.82, 2.24) is 0 Å². The van der Waals surface area contributed by atoms with Crippen LogP contribution < -0.4 is 0 Å². The monoisotopic (exact) mass is 140 g/mol. The smallest absolute Gasteiger partial charge is 0.316 e. The molecule has 1 heterocycles. The van der Waals surface area contributed by atoms with Crippen molar-refractivity contribution in [1.29, 1.82) is 0 Å². The van der Waals surface area contributed by atoms with Crippen LogP contribution in [0.4, 0.5) is 0 Å². The maximum Gasteiger partial charge on any atom is 0.316 e. The first kappa shape index (κ1) is 6.20. The molecule has 2 rings (SSSR count). The summed E-state index contributed by atoms with van der Waals surface area (Å²) in [5, 5.41) is 0. The summed E-state index contributed by atoms with van der Waals surface area (Å²) in [6, 6.07) is 0. The summed E-state index contributed by atoms with van der Waals surface area (Å²) < 4.78 is 5.02.